The number of nitrogens with one attached hydrogen (secondary N) is 3. The van der Waals surface area contributed by atoms with Crippen LogP contribution in [0, 0.1) is 15.4 Å². The van der Waals surface area contributed by atoms with Gasteiger partial charge in [0.25, 0.3) is 0 Å². The third-order valence-corrected chi connectivity index (χ3v) is 16.2. The molecule has 10 atom stereocenters. The van der Waals surface area contributed by atoms with E-state index >= 15 is 4.79 Å². The summed E-state index contributed by atoms with van der Waals surface area (Å²) >= 11 is 2.18. The summed E-state index contributed by atoms with van der Waals surface area (Å²) in [5.41, 5.74) is 1.96. The van der Waals surface area contributed by atoms with Crippen molar-refractivity contribution in [3.05, 3.63) is 171 Å². The first-order valence-corrected chi connectivity index (χ1v) is 27.5. The zero-order valence-corrected chi connectivity index (χ0v) is 45.5. The molecule has 5 aromatic carbocycles. The lowest BCUT2D eigenvalue weighted by atomic mass is 9.65. The molecule has 5 aliphatic heterocycles. The topological polar surface area (TPSA) is 228 Å². The van der Waals surface area contributed by atoms with Crippen LogP contribution in [0.3, 0.4) is 0 Å². The summed E-state index contributed by atoms with van der Waals surface area (Å²) in [5.74, 6) is -4.97. The number of unbranched alkanes of at least 4 members (excludes halogenated alkanes) is 1. The number of cyclic esters (lactones) is 1. The Labute approximate surface area is 470 Å². The molecule has 4 amide bonds. The lowest BCUT2D eigenvalue weighted by Gasteiger charge is -2.46. The molecule has 18 nitrogen and oxygen atoms in total. The van der Waals surface area contributed by atoms with Gasteiger partial charge in [-0.1, -0.05) is 97.6 Å². The number of halogens is 1. The number of rotatable bonds is 20. The van der Waals surface area contributed by atoms with Crippen LogP contribution in [0.25, 0.3) is 0 Å². The van der Waals surface area contributed by atoms with Gasteiger partial charge in [0.05, 0.1) is 30.7 Å². The number of fused-ring (bicyclic) bond motifs is 4. The van der Waals surface area contributed by atoms with Gasteiger partial charge in [-0.25, -0.2) is 0 Å². The van der Waals surface area contributed by atoms with Gasteiger partial charge < -0.3 is 49.6 Å². The molecule has 0 aliphatic carbocycles. The van der Waals surface area contributed by atoms with Crippen molar-refractivity contribution in [3.8, 4) is 11.5 Å². The molecule has 0 bridgehead atoms. The fraction of sp³-hybridized carbons (Fsp3) is 0.350. The molecule has 1 spiro atoms. The SMILES string of the molecule is C=CCOC(=O)[C@H]1[C@@H]2C(=O)O[C@@H](c3ccccc3)[C@@H](c3ccccc3)N2[C@@H](c2ccc(OCCOC(=O)[C@@H]3C[C@@H]4C(=O)N[C@@H](CCCCNC(C)=O)C(=O)N4[C@@H]3c3cccc(OCCO)c3)cc2)[C@]12C(=O)Nc1ccc(I)cc12. The first-order chi connectivity index (χ1) is 38.3. The number of ether oxygens (including phenoxy) is 5. The zero-order valence-electron chi connectivity index (χ0n) is 43.3. The third-order valence-electron chi connectivity index (χ3n) is 15.5. The van der Waals surface area contributed by atoms with Gasteiger partial charge >= 0.3 is 17.9 Å². The van der Waals surface area contributed by atoms with Gasteiger partial charge in [-0.05, 0) is 119 Å². The third kappa shape index (κ3) is 10.6. The highest BCUT2D eigenvalue weighted by molar-refractivity contribution is 14.1. The molecule has 5 aliphatic rings. The van der Waals surface area contributed by atoms with Crippen molar-refractivity contribution in [2.75, 3.05) is 44.9 Å². The Kier molecular flexibility index (Phi) is 16.5. The van der Waals surface area contributed by atoms with Crippen molar-refractivity contribution in [2.45, 2.75) is 80.4 Å². The molecule has 0 radical (unpaired) electrons. The number of aliphatic hydroxyl groups excluding tert-OH is 1. The van der Waals surface area contributed by atoms with Crippen molar-refractivity contribution < 1.29 is 62.4 Å². The molecule has 0 saturated carbocycles. The van der Waals surface area contributed by atoms with Gasteiger partial charge in [0.2, 0.25) is 23.6 Å². The first kappa shape index (κ1) is 54.7. The highest BCUT2D eigenvalue weighted by atomic mass is 127. The maximum atomic E-state index is 15.3. The number of morpholine rings is 1. The van der Waals surface area contributed by atoms with E-state index < -0.39 is 83.4 Å². The highest BCUT2D eigenvalue weighted by Gasteiger charge is 2.74. The van der Waals surface area contributed by atoms with Crippen molar-refractivity contribution >= 4 is 69.8 Å². The Morgan fingerprint density at radius 2 is 1.51 bits per heavy atom. The van der Waals surface area contributed by atoms with E-state index in [2.05, 4.69) is 45.1 Å². The predicted molar refractivity (Wildman–Crippen MR) is 295 cm³/mol. The van der Waals surface area contributed by atoms with Crippen molar-refractivity contribution in [3.63, 3.8) is 0 Å². The standard InChI is InChI=1S/C60H60IN5O13/c1-3-28-77-57(72)48-51-58(73)79-52(37-15-8-5-9-16-37)50(36-13-6-4-7-14-36)66(51)53(60(48)44-33-40(61)22-25-45(44)64-59(60)74)38-20-23-41(24-21-38)76-30-31-78-56(71)43-34-47-54(69)63-46(19-10-11-26-62-35(2)68)55(70)65(47)49(43)39-17-12-18-42(32-39)75-29-27-67/h3-9,12-18,20-25,32-33,43,46-53,67H,1,10-11,19,26-31,34H2,2H3,(H,62,68)(H,63,69)(H,64,74)/t43-,46+,47-,48-,49-,50-,51-,52+,53+,60-/m1/s1. The van der Waals surface area contributed by atoms with E-state index in [1.54, 1.807) is 54.6 Å². The minimum atomic E-state index is -1.73. The maximum Gasteiger partial charge on any atom is 0.325 e. The van der Waals surface area contributed by atoms with Gasteiger partial charge in [-0.2, -0.15) is 0 Å². The molecule has 0 aromatic heterocycles. The Morgan fingerprint density at radius 1 is 0.785 bits per heavy atom. The number of benzene rings is 5. The summed E-state index contributed by atoms with van der Waals surface area (Å²) in [5, 5.41) is 18.1. The van der Waals surface area contributed by atoms with E-state index in [0.717, 1.165) is 14.7 Å². The fourth-order valence-corrected chi connectivity index (χ4v) is 12.8. The largest absolute Gasteiger partial charge is 0.491 e. The average Bonchev–Trinajstić information content (AvgIpc) is 2.54. The van der Waals surface area contributed by atoms with Crippen LogP contribution in [-0.2, 0) is 53.2 Å². The molecule has 4 N–H and O–H groups in total. The Hall–Kier alpha value is -7.62. The lowest BCUT2D eigenvalue weighted by molar-refractivity contribution is -0.180. The second-order valence-electron chi connectivity index (χ2n) is 20.1. The summed E-state index contributed by atoms with van der Waals surface area (Å²) in [6, 6.07) is 32.7. The van der Waals surface area contributed by atoms with Crippen molar-refractivity contribution in [1.29, 1.82) is 0 Å². The van der Waals surface area contributed by atoms with E-state index in [1.807, 2.05) is 77.7 Å². The molecule has 79 heavy (non-hydrogen) atoms. The number of hydrogen-bond acceptors (Lipinski definition) is 14. The number of hydrogen-bond donors (Lipinski definition) is 4. The number of nitrogens with zero attached hydrogens (tertiary/aromatic N) is 2. The molecule has 5 aromatic rings. The lowest BCUT2D eigenvalue weighted by Crippen LogP contribution is -2.61. The van der Waals surface area contributed by atoms with Crippen LogP contribution < -0.4 is 25.4 Å². The first-order valence-electron chi connectivity index (χ1n) is 26.4. The van der Waals surface area contributed by atoms with E-state index in [9.17, 15) is 33.9 Å². The smallest absolute Gasteiger partial charge is 0.325 e. The van der Waals surface area contributed by atoms with Crippen molar-refractivity contribution in [2.24, 2.45) is 11.8 Å². The number of anilines is 1. The predicted octanol–water partition coefficient (Wildman–Crippen LogP) is 6.35. The quantitative estimate of drug-likeness (QED) is 0.0219. The summed E-state index contributed by atoms with van der Waals surface area (Å²) in [6.07, 6.45) is 2.07. The Balaban J connectivity index is 0.932. The van der Waals surface area contributed by atoms with Crippen LogP contribution in [0.2, 0.25) is 0 Å². The molecule has 0 unspecified atom stereocenters. The van der Waals surface area contributed by atoms with E-state index in [0.29, 0.717) is 59.7 Å². The zero-order chi connectivity index (χ0) is 55.4. The van der Waals surface area contributed by atoms with Crippen LogP contribution in [0.4, 0.5) is 5.69 Å². The minimum Gasteiger partial charge on any atom is -0.491 e. The van der Waals surface area contributed by atoms with Crippen LogP contribution in [0.15, 0.2) is 140 Å². The number of amides is 4. The molecular formula is C60H60IN5O13. The van der Waals surface area contributed by atoms with Gasteiger partial charge in [-0.3, -0.25) is 38.5 Å². The molecule has 4 fully saturated rings. The number of aliphatic hydroxyl groups is 1. The van der Waals surface area contributed by atoms with E-state index in [1.165, 1.54) is 17.9 Å². The van der Waals surface area contributed by atoms with Gasteiger partial charge in [-0.15, -0.1) is 0 Å². The van der Waals surface area contributed by atoms with E-state index in [4.69, 9.17) is 23.7 Å². The molecule has 10 rings (SSSR count). The second-order valence-corrected chi connectivity index (χ2v) is 21.4. The van der Waals surface area contributed by atoms with E-state index in [-0.39, 0.29) is 57.2 Å². The van der Waals surface area contributed by atoms with Gasteiger partial charge in [0, 0.05) is 22.7 Å². The number of carbonyl (C=O) groups excluding carboxylic acids is 7. The number of carbonyl (C=O) groups is 7. The molecule has 410 valence electrons. The van der Waals surface area contributed by atoms with Crippen LogP contribution in [0.5, 0.6) is 11.5 Å². The number of piperazine rings is 1. The Morgan fingerprint density at radius 3 is 2.23 bits per heavy atom. The number of esters is 3. The molecular weight excluding hydrogens is 1130 g/mol. The van der Waals surface area contributed by atoms with Crippen LogP contribution in [-0.4, -0.2) is 114 Å². The molecule has 19 heteroatoms. The Bertz CT molecular complexity index is 3130. The normalized spacial score (nSPS) is 25.8. The molecule has 4 saturated heterocycles. The summed E-state index contributed by atoms with van der Waals surface area (Å²) < 4.78 is 30.9. The van der Waals surface area contributed by atoms with Gasteiger partial charge in [0.1, 0.15) is 73.5 Å². The van der Waals surface area contributed by atoms with Crippen LogP contribution in [0.1, 0.15) is 84.7 Å². The van der Waals surface area contributed by atoms with Crippen LogP contribution >= 0.6 is 22.6 Å². The maximum absolute atomic E-state index is 15.3. The monoisotopic (exact) mass is 1190 g/mol. The summed E-state index contributed by atoms with van der Waals surface area (Å²) in [6.45, 7) is 4.96. The van der Waals surface area contributed by atoms with Gasteiger partial charge in [0.15, 0.2) is 0 Å². The fourth-order valence-electron chi connectivity index (χ4n) is 12.3. The summed E-state index contributed by atoms with van der Waals surface area (Å²) in [7, 11) is 0. The van der Waals surface area contributed by atoms with Crippen molar-refractivity contribution in [1.82, 2.24) is 20.4 Å². The summed E-state index contributed by atoms with van der Waals surface area (Å²) in [4.78, 5) is 102. The average molecular weight is 1190 g/mol. The highest BCUT2D eigenvalue weighted by Crippen LogP contribution is 2.65. The molecule has 5 heterocycles. The minimum absolute atomic E-state index is 0.00430. The second kappa shape index (κ2) is 23.8.